The van der Waals surface area contributed by atoms with Crippen molar-refractivity contribution in [3.8, 4) is 0 Å². The predicted octanol–water partition coefficient (Wildman–Crippen LogP) is 0.457. The van der Waals surface area contributed by atoms with E-state index < -0.39 is 6.29 Å². The molecule has 3 unspecified atom stereocenters. The molecule has 0 aliphatic carbocycles. The molecule has 0 aromatic rings. The van der Waals surface area contributed by atoms with Crippen molar-refractivity contribution in [3.05, 3.63) is 0 Å². The van der Waals surface area contributed by atoms with E-state index in [0.29, 0.717) is 13.0 Å². The van der Waals surface area contributed by atoms with E-state index >= 15 is 0 Å². The first-order chi connectivity index (χ1) is 7.00. The minimum absolute atomic E-state index is 0.0417. The van der Waals surface area contributed by atoms with Crippen LogP contribution in [0.1, 0.15) is 26.7 Å². The number of carbonyl (C=O) groups excluding carboxylic acids is 2. The number of hydrogen-bond acceptors (Lipinski definition) is 5. The Kier molecular flexibility index (Phi) is 4.08. The molecule has 86 valence electrons. The number of esters is 2. The molecule has 0 radical (unpaired) electrons. The Morgan fingerprint density at radius 3 is 2.00 bits per heavy atom. The van der Waals surface area contributed by atoms with Gasteiger partial charge in [-0.2, -0.15) is 0 Å². The number of cyclic esters (lactones) is 2. The highest BCUT2D eigenvalue weighted by molar-refractivity contribution is 5.74. The van der Waals surface area contributed by atoms with Gasteiger partial charge < -0.3 is 14.6 Å². The number of aliphatic hydroxyl groups is 1. The maximum atomic E-state index is 10.4. The number of aliphatic hydroxyl groups excluding tert-OH is 1. The largest absolute Gasteiger partial charge is 0.465 e. The molecule has 15 heavy (non-hydrogen) atoms. The molecule has 0 spiro atoms. The van der Waals surface area contributed by atoms with E-state index in [2.05, 4.69) is 9.47 Å². The Bertz CT molecular complexity index is 250. The minimum Gasteiger partial charge on any atom is -0.465 e. The first kappa shape index (κ1) is 12.0. The minimum atomic E-state index is -0.850. The first-order valence-corrected chi connectivity index (χ1v) is 5.06. The van der Waals surface area contributed by atoms with Gasteiger partial charge in [0.15, 0.2) is 0 Å². The van der Waals surface area contributed by atoms with Crippen LogP contribution in [0.2, 0.25) is 0 Å². The van der Waals surface area contributed by atoms with Crippen LogP contribution in [0.3, 0.4) is 0 Å². The quantitative estimate of drug-likeness (QED) is 0.595. The lowest BCUT2D eigenvalue weighted by atomic mass is 10.1. The molecule has 2 saturated heterocycles. The lowest BCUT2D eigenvalue weighted by Crippen LogP contribution is -2.04. The van der Waals surface area contributed by atoms with Crippen LogP contribution in [0.25, 0.3) is 0 Å². The molecule has 2 heterocycles. The van der Waals surface area contributed by atoms with Crippen LogP contribution in [-0.2, 0) is 19.1 Å². The molecule has 2 aliphatic heterocycles. The zero-order valence-electron chi connectivity index (χ0n) is 8.93. The third kappa shape index (κ3) is 3.51. The number of hydrogen-bond donors (Lipinski definition) is 1. The van der Waals surface area contributed by atoms with Gasteiger partial charge in [-0.05, 0) is 6.42 Å². The van der Waals surface area contributed by atoms with Crippen molar-refractivity contribution < 1.29 is 24.2 Å². The zero-order chi connectivity index (χ0) is 11.4. The molecule has 2 rings (SSSR count). The maximum Gasteiger partial charge on any atom is 0.311 e. The number of rotatable bonds is 0. The normalized spacial score (nSPS) is 34.2. The molecule has 3 atom stereocenters. The Hall–Kier alpha value is -1.10. The summed E-state index contributed by atoms with van der Waals surface area (Å²) in [5.74, 6) is -0.303. The van der Waals surface area contributed by atoms with Crippen LogP contribution < -0.4 is 0 Å². The van der Waals surface area contributed by atoms with E-state index in [1.54, 1.807) is 6.92 Å². The highest BCUT2D eigenvalue weighted by Gasteiger charge is 2.28. The molecule has 5 heteroatoms. The lowest BCUT2D eigenvalue weighted by Gasteiger charge is -1.94. The van der Waals surface area contributed by atoms with Crippen LogP contribution in [0.4, 0.5) is 0 Å². The standard InChI is InChI=1S/C5H8O3.C5H8O2/c1-3-2-4(6)8-5(3)7;1-4-2-3-7-5(4)6/h3-4,6H,2H2,1H3;4H,2-3H2,1H3. The molecule has 0 aromatic carbocycles. The molecule has 0 bridgehead atoms. The summed E-state index contributed by atoms with van der Waals surface area (Å²) in [6.45, 7) is 4.24. The third-order valence-corrected chi connectivity index (χ3v) is 2.41. The van der Waals surface area contributed by atoms with Gasteiger partial charge >= 0.3 is 11.9 Å². The van der Waals surface area contributed by atoms with Crippen LogP contribution in [-0.4, -0.2) is 29.9 Å². The van der Waals surface area contributed by atoms with Gasteiger partial charge in [-0.1, -0.05) is 13.8 Å². The average molecular weight is 216 g/mol. The van der Waals surface area contributed by atoms with E-state index in [4.69, 9.17) is 5.11 Å². The zero-order valence-corrected chi connectivity index (χ0v) is 8.93. The van der Waals surface area contributed by atoms with Gasteiger partial charge in [0.1, 0.15) is 0 Å². The first-order valence-electron chi connectivity index (χ1n) is 5.06. The molecule has 0 amide bonds. The molecule has 0 saturated carbocycles. The summed E-state index contributed by atoms with van der Waals surface area (Å²) >= 11 is 0. The number of carbonyl (C=O) groups is 2. The van der Waals surface area contributed by atoms with Gasteiger partial charge in [0.25, 0.3) is 0 Å². The van der Waals surface area contributed by atoms with Gasteiger partial charge in [0, 0.05) is 6.42 Å². The fourth-order valence-corrected chi connectivity index (χ4v) is 1.29. The molecule has 0 aromatic heterocycles. The molecular weight excluding hydrogens is 200 g/mol. The third-order valence-electron chi connectivity index (χ3n) is 2.41. The van der Waals surface area contributed by atoms with Crippen LogP contribution >= 0.6 is 0 Å². The predicted molar refractivity (Wildman–Crippen MR) is 50.6 cm³/mol. The van der Waals surface area contributed by atoms with E-state index in [1.165, 1.54) is 0 Å². The van der Waals surface area contributed by atoms with Crippen molar-refractivity contribution in [1.29, 1.82) is 0 Å². The second-order valence-corrected chi connectivity index (χ2v) is 3.89. The van der Waals surface area contributed by atoms with Gasteiger partial charge in [-0.3, -0.25) is 9.59 Å². The van der Waals surface area contributed by atoms with Crippen molar-refractivity contribution in [2.75, 3.05) is 6.61 Å². The Balaban J connectivity index is 0.000000151. The fourth-order valence-electron chi connectivity index (χ4n) is 1.29. The second-order valence-electron chi connectivity index (χ2n) is 3.89. The summed E-state index contributed by atoms with van der Waals surface area (Å²) in [5, 5.41) is 8.63. The summed E-state index contributed by atoms with van der Waals surface area (Å²) < 4.78 is 9.02. The second kappa shape index (κ2) is 5.11. The smallest absolute Gasteiger partial charge is 0.311 e. The van der Waals surface area contributed by atoms with Crippen molar-refractivity contribution in [2.24, 2.45) is 11.8 Å². The topological polar surface area (TPSA) is 72.8 Å². The summed E-state index contributed by atoms with van der Waals surface area (Å²) in [6, 6.07) is 0. The fraction of sp³-hybridized carbons (Fsp3) is 0.800. The summed E-state index contributed by atoms with van der Waals surface area (Å²) in [7, 11) is 0. The van der Waals surface area contributed by atoms with Gasteiger partial charge in [0.2, 0.25) is 6.29 Å². The van der Waals surface area contributed by atoms with E-state index in [9.17, 15) is 9.59 Å². The highest BCUT2D eigenvalue weighted by Crippen LogP contribution is 2.17. The summed E-state index contributed by atoms with van der Waals surface area (Å²) in [4.78, 5) is 20.8. The van der Waals surface area contributed by atoms with Gasteiger partial charge in [-0.15, -0.1) is 0 Å². The SMILES string of the molecule is CC1CC(O)OC1=O.CC1CCOC1=O. The molecule has 2 fully saturated rings. The lowest BCUT2D eigenvalue weighted by molar-refractivity contribution is -0.155. The maximum absolute atomic E-state index is 10.4. The molecule has 1 N–H and O–H groups in total. The van der Waals surface area contributed by atoms with E-state index in [-0.39, 0.29) is 23.8 Å². The molecular formula is C10H16O5. The van der Waals surface area contributed by atoms with Crippen molar-refractivity contribution in [3.63, 3.8) is 0 Å². The Morgan fingerprint density at radius 1 is 1.20 bits per heavy atom. The van der Waals surface area contributed by atoms with Crippen molar-refractivity contribution in [2.45, 2.75) is 33.0 Å². The summed E-state index contributed by atoms with van der Waals surface area (Å²) in [5.41, 5.74) is 0. The van der Waals surface area contributed by atoms with Crippen LogP contribution in [0.5, 0.6) is 0 Å². The molecule has 5 nitrogen and oxygen atoms in total. The summed E-state index contributed by atoms with van der Waals surface area (Å²) in [6.07, 6.45) is 0.495. The van der Waals surface area contributed by atoms with E-state index in [1.807, 2.05) is 6.92 Å². The Labute approximate surface area is 88.4 Å². The average Bonchev–Trinajstić information content (AvgIpc) is 2.63. The van der Waals surface area contributed by atoms with Crippen LogP contribution in [0.15, 0.2) is 0 Å². The van der Waals surface area contributed by atoms with Gasteiger partial charge in [0.05, 0.1) is 18.4 Å². The van der Waals surface area contributed by atoms with E-state index in [0.717, 1.165) is 6.42 Å². The van der Waals surface area contributed by atoms with Crippen LogP contribution in [0, 0.1) is 11.8 Å². The monoisotopic (exact) mass is 216 g/mol. The van der Waals surface area contributed by atoms with Crippen molar-refractivity contribution >= 4 is 11.9 Å². The number of ether oxygens (including phenoxy) is 2. The van der Waals surface area contributed by atoms with Crippen molar-refractivity contribution in [1.82, 2.24) is 0 Å². The van der Waals surface area contributed by atoms with Gasteiger partial charge in [-0.25, -0.2) is 0 Å². The Morgan fingerprint density at radius 2 is 1.87 bits per heavy atom. The molecule has 2 aliphatic rings. The highest BCUT2D eigenvalue weighted by atomic mass is 16.6.